The number of rotatable bonds is 3. The second kappa shape index (κ2) is 5.31. The van der Waals surface area contributed by atoms with Gasteiger partial charge in [0.1, 0.15) is 0 Å². The second-order valence-corrected chi connectivity index (χ2v) is 6.01. The summed E-state index contributed by atoms with van der Waals surface area (Å²) in [7, 11) is 0. The lowest BCUT2D eigenvalue weighted by Gasteiger charge is -2.06. The molecule has 0 aliphatic heterocycles. The van der Waals surface area contributed by atoms with Gasteiger partial charge in [-0.05, 0) is 43.2 Å². The van der Waals surface area contributed by atoms with Gasteiger partial charge in [-0.25, -0.2) is 4.98 Å². The zero-order valence-electron chi connectivity index (χ0n) is 11.6. The normalized spacial score (nSPS) is 11.2. The number of imidazole rings is 1. The topological polar surface area (TPSA) is 54.7 Å². The van der Waals surface area contributed by atoms with Crippen LogP contribution in [0.15, 0.2) is 46.5 Å². The summed E-state index contributed by atoms with van der Waals surface area (Å²) in [6, 6.07) is 12.6. The summed E-state index contributed by atoms with van der Waals surface area (Å²) in [4.78, 5) is 9.14. The zero-order valence-corrected chi connectivity index (χ0v) is 12.4. The Kier molecular flexibility index (Phi) is 3.51. The van der Waals surface area contributed by atoms with Crippen molar-refractivity contribution in [3.63, 3.8) is 0 Å². The van der Waals surface area contributed by atoms with Gasteiger partial charge < -0.3 is 10.7 Å². The fraction of sp³-hybridized carbons (Fsp3) is 0.188. The van der Waals surface area contributed by atoms with Gasteiger partial charge in [-0.1, -0.05) is 35.5 Å². The summed E-state index contributed by atoms with van der Waals surface area (Å²) in [5.74, 6) is 0. The van der Waals surface area contributed by atoms with E-state index < -0.39 is 0 Å². The SMILES string of the molecule is Cc1ccc(Sc2nc3ccc(C)cc3[nH]2)c(CN)c1. The number of benzene rings is 2. The van der Waals surface area contributed by atoms with Crippen LogP contribution in [0.4, 0.5) is 0 Å². The van der Waals surface area contributed by atoms with Gasteiger partial charge in [-0.2, -0.15) is 0 Å². The lowest BCUT2D eigenvalue weighted by molar-refractivity contribution is 1.01. The third kappa shape index (κ3) is 2.57. The molecule has 0 amide bonds. The van der Waals surface area contributed by atoms with E-state index in [0.717, 1.165) is 26.6 Å². The lowest BCUT2D eigenvalue weighted by atomic mass is 10.1. The highest BCUT2D eigenvalue weighted by Gasteiger charge is 2.08. The average Bonchev–Trinajstić information content (AvgIpc) is 2.82. The minimum Gasteiger partial charge on any atom is -0.333 e. The van der Waals surface area contributed by atoms with Gasteiger partial charge in [-0.3, -0.25) is 0 Å². The predicted molar refractivity (Wildman–Crippen MR) is 84.0 cm³/mol. The fourth-order valence-electron chi connectivity index (χ4n) is 2.22. The number of nitrogens with two attached hydrogens (primary N) is 1. The number of nitrogens with one attached hydrogen (secondary N) is 1. The molecule has 0 unspecified atom stereocenters. The van der Waals surface area contributed by atoms with Crippen molar-refractivity contribution < 1.29 is 0 Å². The molecule has 3 aromatic rings. The highest BCUT2D eigenvalue weighted by Crippen LogP contribution is 2.30. The van der Waals surface area contributed by atoms with Crippen molar-refractivity contribution in [1.29, 1.82) is 0 Å². The first kappa shape index (κ1) is 13.2. The minimum absolute atomic E-state index is 0.545. The van der Waals surface area contributed by atoms with E-state index in [1.165, 1.54) is 11.1 Å². The van der Waals surface area contributed by atoms with Crippen LogP contribution in [0.1, 0.15) is 16.7 Å². The van der Waals surface area contributed by atoms with E-state index in [-0.39, 0.29) is 0 Å². The molecular weight excluding hydrogens is 266 g/mol. The lowest BCUT2D eigenvalue weighted by Crippen LogP contribution is -1.98. The zero-order chi connectivity index (χ0) is 14.1. The van der Waals surface area contributed by atoms with Gasteiger partial charge in [0.05, 0.1) is 11.0 Å². The van der Waals surface area contributed by atoms with Crippen molar-refractivity contribution in [2.24, 2.45) is 5.73 Å². The number of H-pyrrole nitrogens is 1. The van der Waals surface area contributed by atoms with E-state index in [1.54, 1.807) is 11.8 Å². The van der Waals surface area contributed by atoms with Crippen LogP contribution in [0.25, 0.3) is 11.0 Å². The average molecular weight is 283 g/mol. The molecule has 0 aliphatic carbocycles. The first-order chi connectivity index (χ1) is 9.65. The Bertz CT molecular complexity index is 762. The summed E-state index contributed by atoms with van der Waals surface area (Å²) in [6.45, 7) is 4.71. The Hall–Kier alpha value is -1.78. The van der Waals surface area contributed by atoms with Gasteiger partial charge in [0.15, 0.2) is 5.16 Å². The molecule has 1 heterocycles. The molecule has 3 nitrogen and oxygen atoms in total. The monoisotopic (exact) mass is 283 g/mol. The molecule has 0 aliphatic rings. The predicted octanol–water partition coefficient (Wildman–Crippen LogP) is 3.79. The van der Waals surface area contributed by atoms with Crippen molar-refractivity contribution >= 4 is 22.8 Å². The number of nitrogens with zero attached hydrogens (tertiary/aromatic N) is 1. The Morgan fingerprint density at radius 1 is 1.10 bits per heavy atom. The van der Waals surface area contributed by atoms with Crippen molar-refractivity contribution in [2.75, 3.05) is 0 Å². The summed E-state index contributed by atoms with van der Waals surface area (Å²) in [6.07, 6.45) is 0. The Balaban J connectivity index is 1.96. The molecule has 3 rings (SSSR count). The van der Waals surface area contributed by atoms with Crippen LogP contribution >= 0.6 is 11.8 Å². The van der Waals surface area contributed by atoms with E-state index in [0.29, 0.717) is 6.54 Å². The highest BCUT2D eigenvalue weighted by atomic mass is 32.2. The first-order valence-corrected chi connectivity index (χ1v) is 7.41. The van der Waals surface area contributed by atoms with E-state index in [1.807, 2.05) is 6.07 Å². The maximum absolute atomic E-state index is 5.82. The number of fused-ring (bicyclic) bond motifs is 1. The molecule has 0 bridgehead atoms. The van der Waals surface area contributed by atoms with Crippen molar-refractivity contribution in [2.45, 2.75) is 30.4 Å². The largest absolute Gasteiger partial charge is 0.333 e. The third-order valence-electron chi connectivity index (χ3n) is 3.26. The van der Waals surface area contributed by atoms with Crippen LogP contribution in [-0.2, 0) is 6.54 Å². The van der Waals surface area contributed by atoms with Crippen LogP contribution in [-0.4, -0.2) is 9.97 Å². The summed E-state index contributed by atoms with van der Waals surface area (Å²) < 4.78 is 0. The smallest absolute Gasteiger partial charge is 0.171 e. The summed E-state index contributed by atoms with van der Waals surface area (Å²) in [5, 5.41) is 0.907. The second-order valence-electron chi connectivity index (χ2n) is 4.98. The first-order valence-electron chi connectivity index (χ1n) is 6.59. The van der Waals surface area contributed by atoms with Crippen molar-refractivity contribution in [1.82, 2.24) is 9.97 Å². The number of hydrogen-bond acceptors (Lipinski definition) is 3. The van der Waals surface area contributed by atoms with Crippen molar-refractivity contribution in [3.05, 3.63) is 53.1 Å². The molecule has 0 saturated heterocycles. The van der Waals surface area contributed by atoms with Gasteiger partial charge in [-0.15, -0.1) is 0 Å². The number of hydrogen-bond donors (Lipinski definition) is 2. The van der Waals surface area contributed by atoms with E-state index in [2.05, 4.69) is 54.1 Å². The molecule has 102 valence electrons. The van der Waals surface area contributed by atoms with Gasteiger partial charge >= 0.3 is 0 Å². The Morgan fingerprint density at radius 3 is 2.65 bits per heavy atom. The molecule has 0 radical (unpaired) electrons. The number of aromatic amines is 1. The van der Waals surface area contributed by atoms with E-state index in [9.17, 15) is 0 Å². The molecule has 0 saturated carbocycles. The molecule has 20 heavy (non-hydrogen) atoms. The quantitative estimate of drug-likeness (QED) is 0.769. The van der Waals surface area contributed by atoms with Crippen LogP contribution in [0.5, 0.6) is 0 Å². The molecule has 1 aromatic heterocycles. The molecule has 0 atom stereocenters. The number of aromatic nitrogens is 2. The fourth-order valence-corrected chi connectivity index (χ4v) is 3.14. The van der Waals surface area contributed by atoms with E-state index >= 15 is 0 Å². The molecule has 4 heteroatoms. The molecular formula is C16H17N3S. The van der Waals surface area contributed by atoms with Crippen molar-refractivity contribution in [3.8, 4) is 0 Å². The van der Waals surface area contributed by atoms with Crippen LogP contribution in [0.2, 0.25) is 0 Å². The Morgan fingerprint density at radius 2 is 1.85 bits per heavy atom. The standard InChI is InChI=1S/C16H17N3S/c1-10-4-6-15(12(7-10)9-17)20-16-18-13-5-3-11(2)8-14(13)19-16/h3-8H,9,17H2,1-2H3,(H,18,19). The maximum Gasteiger partial charge on any atom is 0.171 e. The molecule has 2 aromatic carbocycles. The molecule has 0 spiro atoms. The molecule has 0 fully saturated rings. The maximum atomic E-state index is 5.82. The van der Waals surface area contributed by atoms with E-state index in [4.69, 9.17) is 5.73 Å². The van der Waals surface area contributed by atoms with Crippen LogP contribution in [0, 0.1) is 13.8 Å². The molecule has 3 N–H and O–H groups in total. The van der Waals surface area contributed by atoms with Crippen LogP contribution in [0.3, 0.4) is 0 Å². The van der Waals surface area contributed by atoms with Gasteiger partial charge in [0, 0.05) is 11.4 Å². The summed E-state index contributed by atoms with van der Waals surface area (Å²) in [5.41, 5.74) is 11.5. The number of aryl methyl sites for hydroxylation is 2. The van der Waals surface area contributed by atoms with Gasteiger partial charge in [0.25, 0.3) is 0 Å². The Labute approximate surface area is 122 Å². The van der Waals surface area contributed by atoms with Gasteiger partial charge in [0.2, 0.25) is 0 Å². The van der Waals surface area contributed by atoms with Crippen LogP contribution < -0.4 is 5.73 Å². The third-order valence-corrected chi connectivity index (χ3v) is 4.26. The highest BCUT2D eigenvalue weighted by molar-refractivity contribution is 7.99. The minimum atomic E-state index is 0.545. The summed E-state index contributed by atoms with van der Waals surface area (Å²) >= 11 is 1.63.